The molecule has 0 aromatic carbocycles. The first-order valence-electron chi connectivity index (χ1n) is 13.2. The first-order chi connectivity index (χ1) is 14.3. The fourth-order valence-corrected chi connectivity index (χ4v) is 9.12. The third-order valence-corrected chi connectivity index (χ3v) is 10.8. The van der Waals surface area contributed by atoms with Crippen molar-refractivity contribution in [2.75, 3.05) is 6.54 Å². The molecular weight excluding hydrogens is 370 g/mol. The van der Waals surface area contributed by atoms with Crippen LogP contribution in [0, 0.1) is 46.3 Å². The van der Waals surface area contributed by atoms with Crippen LogP contribution in [0.5, 0.6) is 0 Å². The van der Waals surface area contributed by atoms with Crippen LogP contribution >= 0.6 is 0 Å². The van der Waals surface area contributed by atoms with Gasteiger partial charge in [0.1, 0.15) is 0 Å². The smallest absolute Gasteiger partial charge is 0.220 e. The molecule has 1 amide bonds. The van der Waals surface area contributed by atoms with Crippen molar-refractivity contribution < 1.29 is 9.90 Å². The molecule has 0 aromatic heterocycles. The summed E-state index contributed by atoms with van der Waals surface area (Å²) >= 11 is 0. The van der Waals surface area contributed by atoms with Crippen molar-refractivity contribution in [1.82, 2.24) is 5.32 Å². The van der Waals surface area contributed by atoms with Crippen LogP contribution in [0.2, 0.25) is 0 Å². The predicted octanol–water partition coefficient (Wildman–Crippen LogP) is 5.95. The van der Waals surface area contributed by atoms with Gasteiger partial charge in [-0.3, -0.25) is 4.79 Å². The Balaban J connectivity index is 1.42. The summed E-state index contributed by atoms with van der Waals surface area (Å²) in [6, 6.07) is 0. The topological polar surface area (TPSA) is 49.3 Å². The third-order valence-electron chi connectivity index (χ3n) is 10.8. The van der Waals surface area contributed by atoms with Crippen LogP contribution in [0.25, 0.3) is 0 Å². The van der Waals surface area contributed by atoms with E-state index in [9.17, 15) is 9.90 Å². The number of nitrogens with one attached hydrogen (secondary N) is 1. The van der Waals surface area contributed by atoms with Crippen molar-refractivity contribution in [3.63, 3.8) is 0 Å². The van der Waals surface area contributed by atoms with E-state index in [-0.39, 0.29) is 12.0 Å². The van der Waals surface area contributed by atoms with Gasteiger partial charge in [0, 0.05) is 13.0 Å². The Morgan fingerprint density at radius 3 is 2.53 bits per heavy atom. The molecule has 0 bridgehead atoms. The molecule has 0 aromatic rings. The molecule has 0 spiro atoms. The Hall–Kier alpha value is -0.570. The van der Waals surface area contributed by atoms with E-state index in [1.807, 2.05) is 0 Å². The number of aliphatic hydroxyl groups is 1. The van der Waals surface area contributed by atoms with Crippen molar-refractivity contribution in [2.45, 2.75) is 111 Å². The molecule has 4 rings (SSSR count). The predicted molar refractivity (Wildman–Crippen MR) is 123 cm³/mol. The average Bonchev–Trinajstić information content (AvgIpc) is 3.08. The summed E-state index contributed by atoms with van der Waals surface area (Å²) in [5.41, 5.74) is 0.961. The van der Waals surface area contributed by atoms with Crippen LogP contribution in [-0.4, -0.2) is 23.7 Å². The van der Waals surface area contributed by atoms with Crippen LogP contribution in [0.4, 0.5) is 0 Å². The SMILES string of the molecule is CCCNC(=O)CCC(C)C1CC[C@H]2C3CC[C@@H]4C[C@H](O)CC[C@]4(C)[C@H]3CC[C@]12C. The molecule has 4 aliphatic carbocycles. The molecule has 0 aliphatic heterocycles. The van der Waals surface area contributed by atoms with Gasteiger partial charge in [-0.25, -0.2) is 0 Å². The second-order valence-electron chi connectivity index (χ2n) is 12.2. The number of carbonyl (C=O) groups is 1. The minimum atomic E-state index is -0.0419. The fourth-order valence-electron chi connectivity index (χ4n) is 9.12. The highest BCUT2D eigenvalue weighted by Crippen LogP contribution is 2.68. The van der Waals surface area contributed by atoms with Crippen molar-refractivity contribution in [3.8, 4) is 0 Å². The molecule has 4 saturated carbocycles. The summed E-state index contributed by atoms with van der Waals surface area (Å²) in [4.78, 5) is 12.1. The van der Waals surface area contributed by atoms with E-state index >= 15 is 0 Å². The van der Waals surface area contributed by atoms with E-state index in [0.29, 0.717) is 23.2 Å². The maximum atomic E-state index is 12.1. The highest BCUT2D eigenvalue weighted by atomic mass is 16.3. The minimum absolute atomic E-state index is 0.0419. The van der Waals surface area contributed by atoms with E-state index < -0.39 is 0 Å². The van der Waals surface area contributed by atoms with Crippen LogP contribution in [0.3, 0.4) is 0 Å². The molecule has 172 valence electrons. The maximum absolute atomic E-state index is 12.1. The van der Waals surface area contributed by atoms with Crippen LogP contribution < -0.4 is 5.32 Å². The van der Waals surface area contributed by atoms with E-state index in [2.05, 4.69) is 33.0 Å². The molecule has 3 nitrogen and oxygen atoms in total. The summed E-state index contributed by atoms with van der Waals surface area (Å²) in [6.45, 7) is 10.6. The Morgan fingerprint density at radius 2 is 1.77 bits per heavy atom. The zero-order valence-corrected chi connectivity index (χ0v) is 20.1. The standard InChI is InChI=1S/C27H47NO2/c1-5-16-28-25(30)11-6-18(2)22-9-10-23-21-8-7-19-17-20(29)12-14-26(19,3)24(21)13-15-27(22,23)4/h18-24,29H,5-17H2,1-4H3,(H,28,30)/t18?,19-,20-,21?,22?,23+,24+,26+,27-/m1/s1. The van der Waals surface area contributed by atoms with E-state index in [4.69, 9.17) is 0 Å². The number of carbonyl (C=O) groups excluding carboxylic acids is 1. The molecule has 4 fully saturated rings. The molecule has 0 radical (unpaired) electrons. The van der Waals surface area contributed by atoms with Gasteiger partial charge < -0.3 is 10.4 Å². The van der Waals surface area contributed by atoms with E-state index in [0.717, 1.165) is 61.8 Å². The lowest BCUT2D eigenvalue weighted by Crippen LogP contribution is -2.54. The largest absolute Gasteiger partial charge is 0.393 e. The van der Waals surface area contributed by atoms with Crippen molar-refractivity contribution in [1.29, 1.82) is 0 Å². The molecule has 4 aliphatic rings. The second-order valence-corrected chi connectivity index (χ2v) is 12.2. The second kappa shape index (κ2) is 8.75. The van der Waals surface area contributed by atoms with Crippen LogP contribution in [-0.2, 0) is 4.79 Å². The van der Waals surface area contributed by atoms with Gasteiger partial charge in [0.15, 0.2) is 0 Å². The molecular formula is C27H47NO2. The number of hydrogen-bond donors (Lipinski definition) is 2. The van der Waals surface area contributed by atoms with Crippen LogP contribution in [0.15, 0.2) is 0 Å². The third kappa shape index (κ3) is 3.86. The van der Waals surface area contributed by atoms with Crippen LogP contribution in [0.1, 0.15) is 105 Å². The average molecular weight is 418 g/mol. The van der Waals surface area contributed by atoms with Gasteiger partial charge in [0.25, 0.3) is 0 Å². The number of amides is 1. The van der Waals surface area contributed by atoms with Gasteiger partial charge in [-0.1, -0.05) is 27.7 Å². The highest BCUT2D eigenvalue weighted by molar-refractivity contribution is 5.75. The Kier molecular flexibility index (Phi) is 6.60. The first-order valence-corrected chi connectivity index (χ1v) is 13.2. The monoisotopic (exact) mass is 417 g/mol. The van der Waals surface area contributed by atoms with Gasteiger partial charge in [-0.05, 0) is 117 Å². The number of aliphatic hydroxyl groups excluding tert-OH is 1. The fraction of sp³-hybridized carbons (Fsp3) is 0.963. The number of fused-ring (bicyclic) bond motifs is 5. The first kappa shape index (κ1) is 22.6. The zero-order chi connectivity index (χ0) is 21.5. The highest BCUT2D eigenvalue weighted by Gasteiger charge is 2.60. The lowest BCUT2D eigenvalue weighted by molar-refractivity contribution is -0.129. The molecule has 30 heavy (non-hydrogen) atoms. The normalized spacial score (nSPS) is 46.4. The summed E-state index contributed by atoms with van der Waals surface area (Å²) in [5.74, 6) is 5.13. The zero-order valence-electron chi connectivity index (χ0n) is 20.1. The summed E-state index contributed by atoms with van der Waals surface area (Å²) in [7, 11) is 0. The van der Waals surface area contributed by atoms with Crippen molar-refractivity contribution in [3.05, 3.63) is 0 Å². The molecule has 2 N–H and O–H groups in total. The maximum Gasteiger partial charge on any atom is 0.220 e. The number of rotatable bonds is 6. The summed E-state index contributed by atoms with van der Waals surface area (Å²) in [5, 5.41) is 13.3. The van der Waals surface area contributed by atoms with Gasteiger partial charge >= 0.3 is 0 Å². The Bertz CT molecular complexity index is 620. The van der Waals surface area contributed by atoms with Gasteiger partial charge in [0.2, 0.25) is 5.91 Å². The molecule has 0 saturated heterocycles. The van der Waals surface area contributed by atoms with Crippen molar-refractivity contribution in [2.24, 2.45) is 46.3 Å². The quantitative estimate of drug-likeness (QED) is 0.561. The van der Waals surface area contributed by atoms with E-state index in [1.165, 1.54) is 44.9 Å². The number of hydrogen-bond acceptors (Lipinski definition) is 2. The lowest BCUT2D eigenvalue weighted by Gasteiger charge is -2.61. The van der Waals surface area contributed by atoms with Gasteiger partial charge in [0.05, 0.1) is 6.10 Å². The molecule has 9 atom stereocenters. The minimum Gasteiger partial charge on any atom is -0.393 e. The lowest BCUT2D eigenvalue weighted by atomic mass is 9.44. The molecule has 3 heteroatoms. The van der Waals surface area contributed by atoms with E-state index in [1.54, 1.807) is 0 Å². The summed E-state index contributed by atoms with van der Waals surface area (Å²) in [6.07, 6.45) is 14.4. The Labute approximate surface area is 185 Å². The molecule has 0 heterocycles. The summed E-state index contributed by atoms with van der Waals surface area (Å²) < 4.78 is 0. The molecule has 3 unspecified atom stereocenters. The Morgan fingerprint density at radius 1 is 1.03 bits per heavy atom. The van der Waals surface area contributed by atoms with Gasteiger partial charge in [-0.15, -0.1) is 0 Å². The van der Waals surface area contributed by atoms with Crippen molar-refractivity contribution >= 4 is 5.91 Å². The van der Waals surface area contributed by atoms with Gasteiger partial charge in [-0.2, -0.15) is 0 Å².